The zero-order valence-electron chi connectivity index (χ0n) is 13.8. The average Bonchev–Trinajstić information content (AvgIpc) is 2.68. The zero-order chi connectivity index (χ0) is 15.2. The van der Waals surface area contributed by atoms with E-state index in [2.05, 4.69) is 29.1 Å². The van der Waals surface area contributed by atoms with Crippen LogP contribution in [0, 0.1) is 12.8 Å². The van der Waals surface area contributed by atoms with E-state index < -0.39 is 0 Å². The Bertz CT molecular complexity index is 433. The van der Waals surface area contributed by atoms with Crippen molar-refractivity contribution in [3.8, 4) is 0 Å². The number of hydrogen-bond acceptors (Lipinski definition) is 2. The van der Waals surface area contributed by atoms with Crippen molar-refractivity contribution in [2.45, 2.75) is 77.8 Å². The molecule has 1 saturated carbocycles. The Morgan fingerprint density at radius 2 is 1.95 bits per heavy atom. The van der Waals surface area contributed by atoms with Gasteiger partial charge in [0.15, 0.2) is 0 Å². The van der Waals surface area contributed by atoms with Crippen molar-refractivity contribution in [1.82, 2.24) is 15.1 Å². The molecule has 0 radical (unpaired) electrons. The van der Waals surface area contributed by atoms with Gasteiger partial charge in [-0.2, -0.15) is 5.10 Å². The number of rotatable bonds is 6. The molecule has 1 aliphatic carbocycles. The minimum atomic E-state index is 0.506. The summed E-state index contributed by atoms with van der Waals surface area (Å²) in [7, 11) is 2.08. The molecule has 3 nitrogen and oxygen atoms in total. The van der Waals surface area contributed by atoms with Crippen LogP contribution in [0.3, 0.4) is 0 Å². The SMILES string of the molecule is CCn1nc(C)c(Cl)c1CC(CC1CCCCCC1)NC. The van der Waals surface area contributed by atoms with Gasteiger partial charge < -0.3 is 5.32 Å². The van der Waals surface area contributed by atoms with Crippen LogP contribution in [0.4, 0.5) is 0 Å². The maximum Gasteiger partial charge on any atom is 0.0847 e. The van der Waals surface area contributed by atoms with Crippen molar-refractivity contribution >= 4 is 11.6 Å². The normalized spacial score (nSPS) is 18.7. The van der Waals surface area contributed by atoms with Crippen LogP contribution in [0.1, 0.15) is 63.3 Å². The highest BCUT2D eigenvalue weighted by Crippen LogP contribution is 2.28. The lowest BCUT2D eigenvalue weighted by molar-refractivity contribution is 0.357. The number of nitrogens with zero attached hydrogens (tertiary/aromatic N) is 2. The Labute approximate surface area is 134 Å². The summed E-state index contributed by atoms with van der Waals surface area (Å²) in [4.78, 5) is 0. The Hall–Kier alpha value is -0.540. The van der Waals surface area contributed by atoms with Crippen LogP contribution in [0.15, 0.2) is 0 Å². The molecule has 0 spiro atoms. The molecule has 0 aromatic carbocycles. The summed E-state index contributed by atoms with van der Waals surface area (Å²) < 4.78 is 2.06. The molecule has 1 unspecified atom stereocenters. The fourth-order valence-electron chi connectivity index (χ4n) is 3.60. The van der Waals surface area contributed by atoms with Gasteiger partial charge in [0.2, 0.25) is 0 Å². The first-order valence-electron chi connectivity index (χ1n) is 8.54. The molecule has 0 bridgehead atoms. The van der Waals surface area contributed by atoms with Gasteiger partial charge in [-0.15, -0.1) is 0 Å². The topological polar surface area (TPSA) is 29.9 Å². The molecule has 1 heterocycles. The molecule has 1 N–H and O–H groups in total. The van der Waals surface area contributed by atoms with Crippen LogP contribution in [-0.4, -0.2) is 22.9 Å². The van der Waals surface area contributed by atoms with Crippen molar-refractivity contribution in [2.75, 3.05) is 7.05 Å². The van der Waals surface area contributed by atoms with Crippen LogP contribution in [0.5, 0.6) is 0 Å². The Morgan fingerprint density at radius 1 is 1.29 bits per heavy atom. The first-order chi connectivity index (χ1) is 10.2. The van der Waals surface area contributed by atoms with Gasteiger partial charge in [0.1, 0.15) is 0 Å². The van der Waals surface area contributed by atoms with E-state index in [1.165, 1.54) is 50.6 Å². The van der Waals surface area contributed by atoms with Crippen molar-refractivity contribution in [2.24, 2.45) is 5.92 Å². The van der Waals surface area contributed by atoms with E-state index in [-0.39, 0.29) is 0 Å². The second-order valence-electron chi connectivity index (χ2n) is 6.44. The molecule has 1 aromatic heterocycles. The first kappa shape index (κ1) is 16.8. The molecule has 1 aromatic rings. The molecule has 2 rings (SSSR count). The van der Waals surface area contributed by atoms with E-state index >= 15 is 0 Å². The maximum absolute atomic E-state index is 6.45. The van der Waals surface area contributed by atoms with Crippen molar-refractivity contribution in [1.29, 1.82) is 0 Å². The highest BCUT2D eigenvalue weighted by molar-refractivity contribution is 6.31. The molecule has 4 heteroatoms. The monoisotopic (exact) mass is 311 g/mol. The predicted octanol–water partition coefficient (Wildman–Crippen LogP) is 4.36. The minimum Gasteiger partial charge on any atom is -0.317 e. The number of nitrogens with one attached hydrogen (secondary N) is 1. The van der Waals surface area contributed by atoms with E-state index in [0.29, 0.717) is 6.04 Å². The number of aryl methyl sites for hydroxylation is 2. The van der Waals surface area contributed by atoms with Crippen molar-refractivity contribution in [3.63, 3.8) is 0 Å². The Morgan fingerprint density at radius 3 is 2.52 bits per heavy atom. The molecular formula is C17H30ClN3. The fraction of sp³-hybridized carbons (Fsp3) is 0.824. The summed E-state index contributed by atoms with van der Waals surface area (Å²) in [6.45, 7) is 5.02. The molecule has 0 saturated heterocycles. The van der Waals surface area contributed by atoms with E-state index in [9.17, 15) is 0 Å². The average molecular weight is 312 g/mol. The van der Waals surface area contributed by atoms with Crippen LogP contribution in [0.25, 0.3) is 0 Å². The summed E-state index contributed by atoms with van der Waals surface area (Å²) >= 11 is 6.45. The molecule has 120 valence electrons. The van der Waals surface area contributed by atoms with Crippen LogP contribution >= 0.6 is 11.6 Å². The second-order valence-corrected chi connectivity index (χ2v) is 6.82. The first-order valence-corrected chi connectivity index (χ1v) is 8.92. The van der Waals surface area contributed by atoms with E-state index in [0.717, 1.165) is 29.6 Å². The van der Waals surface area contributed by atoms with Crippen LogP contribution in [-0.2, 0) is 13.0 Å². The van der Waals surface area contributed by atoms with Gasteiger partial charge >= 0.3 is 0 Å². The van der Waals surface area contributed by atoms with Crippen LogP contribution < -0.4 is 5.32 Å². The maximum atomic E-state index is 6.45. The van der Waals surface area contributed by atoms with Gasteiger partial charge in [0, 0.05) is 19.0 Å². The third-order valence-electron chi connectivity index (χ3n) is 4.89. The van der Waals surface area contributed by atoms with Gasteiger partial charge in [-0.1, -0.05) is 50.1 Å². The van der Waals surface area contributed by atoms with Gasteiger partial charge in [0.05, 0.1) is 16.4 Å². The largest absolute Gasteiger partial charge is 0.317 e. The molecule has 0 aliphatic heterocycles. The van der Waals surface area contributed by atoms with Gasteiger partial charge in [-0.25, -0.2) is 0 Å². The minimum absolute atomic E-state index is 0.506. The Kier molecular flexibility index (Phi) is 6.56. The van der Waals surface area contributed by atoms with E-state index in [1.807, 2.05) is 6.92 Å². The molecule has 0 amide bonds. The van der Waals surface area contributed by atoms with Gasteiger partial charge in [-0.05, 0) is 33.2 Å². The van der Waals surface area contributed by atoms with Crippen molar-refractivity contribution in [3.05, 3.63) is 16.4 Å². The lowest BCUT2D eigenvalue weighted by atomic mass is 9.91. The van der Waals surface area contributed by atoms with Gasteiger partial charge in [-0.3, -0.25) is 4.68 Å². The second kappa shape index (κ2) is 8.19. The number of likely N-dealkylation sites (N-methyl/N-ethyl adjacent to an activating group) is 1. The smallest absolute Gasteiger partial charge is 0.0847 e. The molecule has 1 fully saturated rings. The lowest BCUT2D eigenvalue weighted by Gasteiger charge is -2.22. The number of hydrogen-bond donors (Lipinski definition) is 1. The molecule has 1 atom stereocenters. The lowest BCUT2D eigenvalue weighted by Crippen LogP contribution is -2.31. The third-order valence-corrected chi connectivity index (χ3v) is 5.39. The molecular weight excluding hydrogens is 282 g/mol. The summed E-state index contributed by atoms with van der Waals surface area (Å²) in [6, 6.07) is 0.506. The van der Waals surface area contributed by atoms with E-state index in [1.54, 1.807) is 0 Å². The highest BCUT2D eigenvalue weighted by Gasteiger charge is 2.21. The predicted molar refractivity (Wildman–Crippen MR) is 90.0 cm³/mol. The molecule has 1 aliphatic rings. The van der Waals surface area contributed by atoms with Crippen LogP contribution in [0.2, 0.25) is 5.02 Å². The highest BCUT2D eigenvalue weighted by atomic mass is 35.5. The Balaban J connectivity index is 2.01. The summed E-state index contributed by atoms with van der Waals surface area (Å²) in [5.41, 5.74) is 2.16. The summed E-state index contributed by atoms with van der Waals surface area (Å²) in [5.74, 6) is 0.878. The fourth-order valence-corrected chi connectivity index (χ4v) is 3.82. The third kappa shape index (κ3) is 4.46. The zero-order valence-corrected chi connectivity index (χ0v) is 14.5. The number of aromatic nitrogens is 2. The summed E-state index contributed by atoms with van der Waals surface area (Å²) in [6.07, 6.45) is 10.7. The quantitative estimate of drug-likeness (QED) is 0.791. The summed E-state index contributed by atoms with van der Waals surface area (Å²) in [5, 5.41) is 8.90. The standard InChI is InChI=1S/C17H30ClN3/c1-4-21-16(17(18)13(2)20-21)12-15(19-3)11-14-9-7-5-6-8-10-14/h14-15,19H,4-12H2,1-3H3. The number of halogens is 1. The van der Waals surface area contributed by atoms with Crippen molar-refractivity contribution < 1.29 is 0 Å². The molecule has 21 heavy (non-hydrogen) atoms. The van der Waals surface area contributed by atoms with Gasteiger partial charge in [0.25, 0.3) is 0 Å². The van der Waals surface area contributed by atoms with E-state index in [4.69, 9.17) is 11.6 Å².